The third-order valence-corrected chi connectivity index (χ3v) is 9.96. The van der Waals surface area contributed by atoms with E-state index in [4.69, 9.17) is 0 Å². The van der Waals surface area contributed by atoms with Gasteiger partial charge < -0.3 is 30.6 Å². The van der Waals surface area contributed by atoms with Gasteiger partial charge in [-0.1, -0.05) is 55.4 Å². The Hall–Kier alpha value is -2.76. The number of hydrogen-bond donors (Lipinski definition) is 6. The van der Waals surface area contributed by atoms with Gasteiger partial charge in [0.15, 0.2) is 23.0 Å². The van der Waals surface area contributed by atoms with Crippen LogP contribution in [0.5, 0.6) is 34.5 Å². The molecule has 0 aromatic heterocycles. The third kappa shape index (κ3) is 2.29. The highest BCUT2D eigenvalue weighted by Gasteiger charge is 2.71. The Morgan fingerprint density at radius 2 is 1.06 bits per heavy atom. The van der Waals surface area contributed by atoms with Gasteiger partial charge in [-0.25, -0.2) is 0 Å². The molecule has 0 heterocycles. The van der Waals surface area contributed by atoms with E-state index in [1.165, 1.54) is 12.1 Å². The van der Waals surface area contributed by atoms with Crippen LogP contribution < -0.4 is 0 Å². The van der Waals surface area contributed by atoms with Crippen LogP contribution in [0.25, 0.3) is 0 Å². The highest BCUT2D eigenvalue weighted by Crippen LogP contribution is 2.77. The Morgan fingerprint density at radius 1 is 0.636 bits per heavy atom. The molecule has 1 spiro atoms. The van der Waals surface area contributed by atoms with Crippen LogP contribution in [0.15, 0.2) is 12.1 Å². The van der Waals surface area contributed by atoms with Crippen molar-refractivity contribution in [2.24, 2.45) is 17.3 Å². The van der Waals surface area contributed by atoms with E-state index in [0.29, 0.717) is 28.7 Å². The van der Waals surface area contributed by atoms with Gasteiger partial charge in [-0.15, -0.1) is 0 Å². The second-order valence-electron chi connectivity index (χ2n) is 11.7. The largest absolute Gasteiger partial charge is 0.504 e. The Kier molecular flexibility index (Phi) is 4.56. The molecular formula is C27H36O6. The fourth-order valence-corrected chi connectivity index (χ4v) is 7.13. The maximum absolute atomic E-state index is 11.3. The van der Waals surface area contributed by atoms with Crippen molar-refractivity contribution in [3.8, 4) is 34.5 Å². The highest BCUT2D eigenvalue weighted by molar-refractivity contribution is 5.75. The number of fused-ring (bicyclic) bond motifs is 4. The van der Waals surface area contributed by atoms with E-state index in [0.717, 1.165) is 0 Å². The van der Waals surface area contributed by atoms with E-state index in [2.05, 4.69) is 55.4 Å². The van der Waals surface area contributed by atoms with Crippen LogP contribution in [-0.2, 0) is 16.2 Å². The molecule has 6 nitrogen and oxygen atoms in total. The average Bonchev–Trinajstić information content (AvgIpc) is 3.06. The summed E-state index contributed by atoms with van der Waals surface area (Å²) >= 11 is 0. The lowest BCUT2D eigenvalue weighted by atomic mass is 9.51. The molecule has 2 aliphatic rings. The maximum Gasteiger partial charge on any atom is 0.200 e. The molecule has 6 N–H and O–H groups in total. The van der Waals surface area contributed by atoms with Crippen molar-refractivity contribution in [3.05, 3.63) is 34.4 Å². The van der Waals surface area contributed by atoms with Crippen molar-refractivity contribution in [2.75, 3.05) is 0 Å². The molecule has 0 fully saturated rings. The van der Waals surface area contributed by atoms with Crippen molar-refractivity contribution in [2.45, 2.75) is 78.1 Å². The monoisotopic (exact) mass is 456 g/mol. The van der Waals surface area contributed by atoms with E-state index in [1.807, 2.05) is 0 Å². The molecule has 0 saturated carbocycles. The van der Waals surface area contributed by atoms with Gasteiger partial charge in [0, 0.05) is 22.0 Å². The number of rotatable bonds is 2. The lowest BCUT2D eigenvalue weighted by Gasteiger charge is -2.51. The summed E-state index contributed by atoms with van der Waals surface area (Å²) in [5.41, 5.74) is -0.406. The molecule has 4 rings (SSSR count). The fraction of sp³-hybridized carbons (Fsp3) is 0.556. The van der Waals surface area contributed by atoms with E-state index < -0.39 is 56.2 Å². The summed E-state index contributed by atoms with van der Waals surface area (Å²) in [7, 11) is 0. The van der Waals surface area contributed by atoms with Gasteiger partial charge in [-0.2, -0.15) is 0 Å². The minimum absolute atomic E-state index is 0.0659. The number of phenolic OH excluding ortho intramolecular Hbond substituents is 6. The van der Waals surface area contributed by atoms with Crippen LogP contribution in [-0.4, -0.2) is 30.6 Å². The number of hydrogen-bond acceptors (Lipinski definition) is 6. The minimum atomic E-state index is -1.01. The van der Waals surface area contributed by atoms with Crippen molar-refractivity contribution in [1.29, 1.82) is 0 Å². The predicted octanol–water partition coefficient (Wildman–Crippen LogP) is 5.48. The first-order chi connectivity index (χ1) is 15.0. The number of benzene rings is 2. The minimum Gasteiger partial charge on any atom is -0.504 e. The first kappa shape index (κ1) is 23.4. The van der Waals surface area contributed by atoms with Gasteiger partial charge in [-0.3, -0.25) is 0 Å². The summed E-state index contributed by atoms with van der Waals surface area (Å²) in [5, 5.41) is 64.7. The van der Waals surface area contributed by atoms with Crippen LogP contribution in [0.1, 0.15) is 84.1 Å². The van der Waals surface area contributed by atoms with Crippen LogP contribution in [0, 0.1) is 17.3 Å². The molecule has 33 heavy (non-hydrogen) atoms. The normalized spacial score (nSPS) is 29.8. The van der Waals surface area contributed by atoms with Crippen LogP contribution in [0.2, 0.25) is 0 Å². The van der Waals surface area contributed by atoms with Gasteiger partial charge in [0.05, 0.1) is 0 Å². The van der Waals surface area contributed by atoms with E-state index >= 15 is 0 Å². The Balaban J connectivity index is 2.30. The second-order valence-corrected chi connectivity index (χ2v) is 11.7. The summed E-state index contributed by atoms with van der Waals surface area (Å²) < 4.78 is 0. The lowest BCUT2D eigenvalue weighted by molar-refractivity contribution is 0.0620. The number of phenols is 6. The molecule has 2 aromatic carbocycles. The quantitative estimate of drug-likeness (QED) is 0.333. The average molecular weight is 457 g/mol. The van der Waals surface area contributed by atoms with Crippen LogP contribution >= 0.6 is 0 Å². The molecule has 6 heteroatoms. The molecule has 2 aliphatic carbocycles. The summed E-state index contributed by atoms with van der Waals surface area (Å²) in [4.78, 5) is 0. The van der Waals surface area contributed by atoms with Gasteiger partial charge in [0.2, 0.25) is 11.5 Å². The molecule has 0 amide bonds. The summed E-state index contributed by atoms with van der Waals surface area (Å²) in [5.74, 6) is -2.64. The molecule has 3 atom stereocenters. The van der Waals surface area contributed by atoms with Gasteiger partial charge >= 0.3 is 0 Å². The first-order valence-corrected chi connectivity index (χ1v) is 11.6. The van der Waals surface area contributed by atoms with Crippen molar-refractivity contribution in [3.63, 3.8) is 0 Å². The lowest BCUT2D eigenvalue weighted by Crippen LogP contribution is -2.50. The topological polar surface area (TPSA) is 121 Å². The Labute approximate surface area is 195 Å². The maximum atomic E-state index is 11.3. The Morgan fingerprint density at radius 3 is 1.48 bits per heavy atom. The fourth-order valence-electron chi connectivity index (χ4n) is 7.13. The van der Waals surface area contributed by atoms with E-state index in [9.17, 15) is 30.6 Å². The van der Waals surface area contributed by atoms with Gasteiger partial charge in [0.25, 0.3) is 0 Å². The molecule has 180 valence electrons. The van der Waals surface area contributed by atoms with Crippen molar-refractivity contribution in [1.82, 2.24) is 0 Å². The van der Waals surface area contributed by atoms with Gasteiger partial charge in [-0.05, 0) is 52.3 Å². The highest BCUT2D eigenvalue weighted by atomic mass is 16.3. The van der Waals surface area contributed by atoms with Crippen LogP contribution in [0.3, 0.4) is 0 Å². The molecule has 0 saturated heterocycles. The molecule has 0 aliphatic heterocycles. The molecule has 2 aromatic rings. The second kappa shape index (κ2) is 6.43. The van der Waals surface area contributed by atoms with Crippen LogP contribution in [0.4, 0.5) is 0 Å². The molecule has 0 radical (unpaired) electrons. The SMILES string of the molecule is CC(C)C1(C)CC2(c3c1cc(O)c(O)c3O)c1c(cc(O)c(O)c1O)C(C)(C(C)C)C2(C)C. The zero-order valence-electron chi connectivity index (χ0n) is 20.7. The predicted molar refractivity (Wildman–Crippen MR) is 126 cm³/mol. The summed E-state index contributed by atoms with van der Waals surface area (Å²) in [6, 6.07) is 3.06. The van der Waals surface area contributed by atoms with E-state index in [1.54, 1.807) is 0 Å². The number of aromatic hydroxyl groups is 6. The van der Waals surface area contributed by atoms with Crippen molar-refractivity contribution >= 4 is 0 Å². The zero-order valence-corrected chi connectivity index (χ0v) is 20.7. The van der Waals surface area contributed by atoms with Crippen molar-refractivity contribution < 1.29 is 30.6 Å². The third-order valence-electron chi connectivity index (χ3n) is 9.96. The molecule has 0 bridgehead atoms. The Bertz CT molecular complexity index is 1160. The molecular weight excluding hydrogens is 420 g/mol. The van der Waals surface area contributed by atoms with Gasteiger partial charge in [0.1, 0.15) is 0 Å². The first-order valence-electron chi connectivity index (χ1n) is 11.6. The summed E-state index contributed by atoms with van der Waals surface area (Å²) in [6.45, 7) is 16.6. The zero-order chi connectivity index (χ0) is 25.0. The summed E-state index contributed by atoms with van der Waals surface area (Å²) in [6.07, 6.45) is 0.476. The standard InChI is InChI=1S/C27H36O6/c1-12(2)25(7)11-27(18-14(25)9-16(28)20(30)22(18)32)19-15(10-17(29)21(31)23(19)33)26(8,13(3)4)24(27,5)6/h9-10,12-13,28-33H,11H2,1-8H3. The van der Waals surface area contributed by atoms with E-state index in [-0.39, 0.29) is 11.8 Å². The smallest absolute Gasteiger partial charge is 0.200 e. The molecule has 3 unspecified atom stereocenters.